The van der Waals surface area contributed by atoms with E-state index in [1.807, 2.05) is 6.26 Å². The minimum absolute atomic E-state index is 0.252. The van der Waals surface area contributed by atoms with Gasteiger partial charge >= 0.3 is 0 Å². The molecule has 0 aromatic heterocycles. The summed E-state index contributed by atoms with van der Waals surface area (Å²) in [5.74, 6) is 0.217. The average Bonchev–Trinajstić information content (AvgIpc) is 2.30. The van der Waals surface area contributed by atoms with Gasteiger partial charge in [-0.15, -0.1) is 0 Å². The summed E-state index contributed by atoms with van der Waals surface area (Å²) in [6.07, 6.45) is 2.58. The Bertz CT molecular complexity index is 403. The molecule has 0 saturated heterocycles. The van der Waals surface area contributed by atoms with Gasteiger partial charge in [-0.25, -0.2) is 4.39 Å². The smallest absolute Gasteiger partial charge is 0.241 e. The molecule has 1 amide bonds. The van der Waals surface area contributed by atoms with Crippen LogP contribution in [-0.2, 0) is 4.79 Å². The highest BCUT2D eigenvalue weighted by atomic mass is 79.9. The second-order valence-corrected chi connectivity index (χ2v) is 5.35. The summed E-state index contributed by atoms with van der Waals surface area (Å²) in [6.45, 7) is 0. The third-order valence-corrected chi connectivity index (χ3v) is 3.41. The summed E-state index contributed by atoms with van der Waals surface area (Å²) < 4.78 is 13.3. The van der Waals surface area contributed by atoms with E-state index in [9.17, 15) is 9.18 Å². The third kappa shape index (κ3) is 4.65. The number of anilines is 1. The molecule has 0 aliphatic heterocycles. The molecule has 94 valence electrons. The van der Waals surface area contributed by atoms with E-state index < -0.39 is 6.04 Å². The zero-order chi connectivity index (χ0) is 12.8. The molecule has 0 aliphatic rings. The van der Waals surface area contributed by atoms with Crippen LogP contribution in [0.15, 0.2) is 22.7 Å². The molecule has 0 fully saturated rings. The Morgan fingerprint density at radius 2 is 2.35 bits per heavy atom. The maximum Gasteiger partial charge on any atom is 0.241 e. The largest absolute Gasteiger partial charge is 0.325 e. The first kappa shape index (κ1) is 14.5. The van der Waals surface area contributed by atoms with Gasteiger partial charge in [-0.05, 0) is 52.6 Å². The van der Waals surface area contributed by atoms with Crippen LogP contribution in [0.2, 0.25) is 0 Å². The van der Waals surface area contributed by atoms with Gasteiger partial charge in [0.25, 0.3) is 0 Å². The maximum absolute atomic E-state index is 13.0. The fourth-order valence-electron chi connectivity index (χ4n) is 1.18. The van der Waals surface area contributed by atoms with Gasteiger partial charge in [-0.3, -0.25) is 4.79 Å². The van der Waals surface area contributed by atoms with Crippen LogP contribution in [0, 0.1) is 5.82 Å². The highest BCUT2D eigenvalue weighted by Gasteiger charge is 2.13. The van der Waals surface area contributed by atoms with E-state index in [2.05, 4.69) is 21.2 Å². The lowest BCUT2D eigenvalue weighted by Gasteiger charge is -2.11. The Hall–Kier alpha value is -0.590. The second kappa shape index (κ2) is 6.98. The SMILES string of the molecule is CSCC[C@@H](N)C(=O)Nc1ccc(F)c(Br)c1. The Morgan fingerprint density at radius 3 is 2.94 bits per heavy atom. The molecule has 0 spiro atoms. The molecule has 0 unspecified atom stereocenters. The molecule has 1 aromatic carbocycles. The molecule has 0 radical (unpaired) electrons. The zero-order valence-corrected chi connectivity index (χ0v) is 11.8. The Labute approximate surface area is 112 Å². The first-order chi connectivity index (χ1) is 8.04. The summed E-state index contributed by atoms with van der Waals surface area (Å²) in [6, 6.07) is 3.76. The van der Waals surface area contributed by atoms with E-state index in [-0.39, 0.29) is 11.7 Å². The number of rotatable bonds is 5. The minimum Gasteiger partial charge on any atom is -0.325 e. The third-order valence-electron chi connectivity index (χ3n) is 2.16. The summed E-state index contributed by atoms with van der Waals surface area (Å²) in [7, 11) is 0. The monoisotopic (exact) mass is 320 g/mol. The number of nitrogens with one attached hydrogen (secondary N) is 1. The first-order valence-electron chi connectivity index (χ1n) is 5.05. The van der Waals surface area contributed by atoms with E-state index in [0.29, 0.717) is 16.6 Å². The number of amides is 1. The van der Waals surface area contributed by atoms with Gasteiger partial charge < -0.3 is 11.1 Å². The molecule has 1 rings (SSSR count). The molecule has 1 aromatic rings. The van der Waals surface area contributed by atoms with Crippen molar-refractivity contribution in [2.24, 2.45) is 5.73 Å². The number of thioether (sulfide) groups is 1. The van der Waals surface area contributed by atoms with Crippen molar-refractivity contribution in [2.45, 2.75) is 12.5 Å². The standard InChI is InChI=1S/C11H14BrFN2OS/c1-17-5-4-10(14)11(16)15-7-2-3-9(13)8(12)6-7/h2-3,6,10H,4-5,14H2,1H3,(H,15,16)/t10-/m1/s1. The minimum atomic E-state index is -0.536. The Kier molecular flexibility index (Phi) is 5.94. The summed E-state index contributed by atoms with van der Waals surface area (Å²) >= 11 is 4.70. The van der Waals surface area contributed by atoms with Crippen molar-refractivity contribution >= 4 is 39.3 Å². The second-order valence-electron chi connectivity index (χ2n) is 3.51. The average molecular weight is 321 g/mol. The van der Waals surface area contributed by atoms with Gasteiger partial charge in [-0.2, -0.15) is 11.8 Å². The predicted octanol–water partition coefficient (Wildman–Crippen LogP) is 2.61. The van der Waals surface area contributed by atoms with Crippen molar-refractivity contribution in [1.82, 2.24) is 0 Å². The fourth-order valence-corrected chi connectivity index (χ4v) is 2.05. The van der Waals surface area contributed by atoms with E-state index in [0.717, 1.165) is 5.75 Å². The highest BCUT2D eigenvalue weighted by molar-refractivity contribution is 9.10. The van der Waals surface area contributed by atoms with Crippen molar-refractivity contribution < 1.29 is 9.18 Å². The molecule has 3 nitrogen and oxygen atoms in total. The van der Waals surface area contributed by atoms with Crippen molar-refractivity contribution in [3.05, 3.63) is 28.5 Å². The van der Waals surface area contributed by atoms with Crippen LogP contribution < -0.4 is 11.1 Å². The van der Waals surface area contributed by atoms with Gasteiger partial charge in [0.1, 0.15) is 5.82 Å². The first-order valence-corrected chi connectivity index (χ1v) is 7.23. The van der Waals surface area contributed by atoms with E-state index in [1.165, 1.54) is 18.2 Å². The predicted molar refractivity (Wildman–Crippen MR) is 73.7 cm³/mol. The van der Waals surface area contributed by atoms with Gasteiger partial charge in [0, 0.05) is 5.69 Å². The Morgan fingerprint density at radius 1 is 1.65 bits per heavy atom. The van der Waals surface area contributed by atoms with Crippen LogP contribution in [0.1, 0.15) is 6.42 Å². The normalized spacial score (nSPS) is 12.2. The van der Waals surface area contributed by atoms with Crippen LogP contribution in [-0.4, -0.2) is 24.0 Å². The van der Waals surface area contributed by atoms with E-state index in [4.69, 9.17) is 5.73 Å². The number of carbonyl (C=O) groups is 1. The molecule has 6 heteroatoms. The molecule has 3 N–H and O–H groups in total. The number of carbonyl (C=O) groups excluding carboxylic acids is 1. The van der Waals surface area contributed by atoms with Crippen molar-refractivity contribution in [3.8, 4) is 0 Å². The highest BCUT2D eigenvalue weighted by Crippen LogP contribution is 2.20. The van der Waals surface area contributed by atoms with Gasteiger partial charge in [0.05, 0.1) is 10.5 Å². The van der Waals surface area contributed by atoms with Gasteiger partial charge in [0.2, 0.25) is 5.91 Å². The Balaban J connectivity index is 2.58. The van der Waals surface area contributed by atoms with Crippen molar-refractivity contribution in [3.63, 3.8) is 0 Å². The summed E-state index contributed by atoms with van der Waals surface area (Å²) in [4.78, 5) is 11.7. The van der Waals surface area contributed by atoms with Crippen LogP contribution in [0.5, 0.6) is 0 Å². The number of hydrogen-bond acceptors (Lipinski definition) is 3. The zero-order valence-electron chi connectivity index (χ0n) is 9.37. The lowest BCUT2D eigenvalue weighted by molar-refractivity contribution is -0.117. The van der Waals surface area contributed by atoms with E-state index >= 15 is 0 Å². The molecule has 0 heterocycles. The topological polar surface area (TPSA) is 55.1 Å². The van der Waals surface area contributed by atoms with Crippen LogP contribution in [0.3, 0.4) is 0 Å². The molecular weight excluding hydrogens is 307 g/mol. The lowest BCUT2D eigenvalue weighted by atomic mass is 10.2. The number of hydrogen-bond donors (Lipinski definition) is 2. The van der Waals surface area contributed by atoms with Gasteiger partial charge in [-0.1, -0.05) is 0 Å². The molecule has 0 bridgehead atoms. The fraction of sp³-hybridized carbons (Fsp3) is 0.364. The number of halogens is 2. The molecule has 17 heavy (non-hydrogen) atoms. The lowest BCUT2D eigenvalue weighted by Crippen LogP contribution is -2.36. The van der Waals surface area contributed by atoms with Crippen LogP contribution in [0.4, 0.5) is 10.1 Å². The van der Waals surface area contributed by atoms with Crippen LogP contribution in [0.25, 0.3) is 0 Å². The molecule has 0 saturated carbocycles. The van der Waals surface area contributed by atoms with E-state index in [1.54, 1.807) is 11.8 Å². The number of benzene rings is 1. The molecular formula is C11H14BrFN2OS. The number of nitrogens with two attached hydrogens (primary N) is 1. The van der Waals surface area contributed by atoms with Crippen LogP contribution >= 0.6 is 27.7 Å². The van der Waals surface area contributed by atoms with Crippen molar-refractivity contribution in [1.29, 1.82) is 0 Å². The quantitative estimate of drug-likeness (QED) is 0.876. The summed E-state index contributed by atoms with van der Waals surface area (Å²) in [5, 5.41) is 2.65. The molecule has 0 aliphatic carbocycles. The summed E-state index contributed by atoms with van der Waals surface area (Å²) in [5.41, 5.74) is 6.24. The maximum atomic E-state index is 13.0. The van der Waals surface area contributed by atoms with Gasteiger partial charge in [0.15, 0.2) is 0 Å². The molecule has 1 atom stereocenters. The van der Waals surface area contributed by atoms with Crippen molar-refractivity contribution in [2.75, 3.05) is 17.3 Å².